The lowest BCUT2D eigenvalue weighted by molar-refractivity contribution is 0.322. The average Bonchev–Trinajstić information content (AvgIpc) is 1.78. The van der Waals surface area contributed by atoms with Gasteiger partial charge in [-0.05, 0) is 33.1 Å². The zero-order chi connectivity index (χ0) is 9.99. The number of hydrogen-bond acceptors (Lipinski definition) is 2. The van der Waals surface area contributed by atoms with Crippen molar-refractivity contribution in [1.29, 1.82) is 0 Å². The highest BCUT2D eigenvalue weighted by molar-refractivity contribution is 4.76. The molecule has 0 radical (unpaired) electrons. The molecule has 0 aliphatic heterocycles. The first-order valence-corrected chi connectivity index (χ1v) is 4.55. The van der Waals surface area contributed by atoms with E-state index in [0.29, 0.717) is 0 Å². The second kappa shape index (κ2) is 3.55. The third-order valence-electron chi connectivity index (χ3n) is 1.78. The van der Waals surface area contributed by atoms with Gasteiger partial charge in [-0.25, -0.2) is 0 Å². The van der Waals surface area contributed by atoms with Gasteiger partial charge >= 0.3 is 0 Å². The smallest absolute Gasteiger partial charge is 0.0732 e. The molecule has 0 spiro atoms. The van der Waals surface area contributed by atoms with Crippen LogP contribution in [0.15, 0.2) is 10.2 Å². The minimum absolute atomic E-state index is 0.0422. The summed E-state index contributed by atoms with van der Waals surface area (Å²) in [5, 5.41) is 8.54. The lowest BCUT2D eigenvalue weighted by Gasteiger charge is -2.23. The minimum atomic E-state index is -0.0422. The third kappa shape index (κ3) is 5.28. The molecule has 0 aliphatic carbocycles. The molecule has 0 aliphatic rings. The lowest BCUT2D eigenvalue weighted by Crippen LogP contribution is -2.21. The van der Waals surface area contributed by atoms with Gasteiger partial charge in [0.1, 0.15) is 0 Å². The Morgan fingerprint density at radius 2 is 1.33 bits per heavy atom. The quantitative estimate of drug-likeness (QED) is 0.536. The van der Waals surface area contributed by atoms with Crippen molar-refractivity contribution in [2.75, 3.05) is 0 Å². The maximum absolute atomic E-state index is 4.29. The predicted octanol–water partition coefficient (Wildman–Crippen LogP) is 3.67. The first-order chi connectivity index (χ1) is 5.13. The molecule has 0 heterocycles. The third-order valence-corrected chi connectivity index (χ3v) is 1.78. The largest absolute Gasteiger partial charge is 0.190 e. The summed E-state index contributed by atoms with van der Waals surface area (Å²) < 4.78 is 0. The molecule has 72 valence electrons. The van der Waals surface area contributed by atoms with E-state index in [1.807, 2.05) is 0 Å². The van der Waals surface area contributed by atoms with Gasteiger partial charge in [-0.3, -0.25) is 0 Å². The van der Waals surface area contributed by atoms with E-state index in [2.05, 4.69) is 58.7 Å². The number of nitrogens with zero attached hydrogens (tertiary/aromatic N) is 2. The second-order valence-corrected chi connectivity index (χ2v) is 5.43. The van der Waals surface area contributed by atoms with Gasteiger partial charge in [0.25, 0.3) is 0 Å². The van der Waals surface area contributed by atoms with E-state index in [1.54, 1.807) is 0 Å². The maximum atomic E-state index is 4.29. The van der Waals surface area contributed by atoms with E-state index in [4.69, 9.17) is 0 Å². The topological polar surface area (TPSA) is 24.7 Å². The van der Waals surface area contributed by atoms with Crippen LogP contribution in [0.1, 0.15) is 48.5 Å². The molecule has 0 aromatic heterocycles. The van der Waals surface area contributed by atoms with Crippen LogP contribution in [0.4, 0.5) is 0 Å². The number of hydrogen-bond donors (Lipinski definition) is 0. The molecule has 2 nitrogen and oxygen atoms in total. The summed E-state index contributed by atoms with van der Waals surface area (Å²) in [7, 11) is 0. The van der Waals surface area contributed by atoms with Gasteiger partial charge in [0.15, 0.2) is 0 Å². The summed E-state index contributed by atoms with van der Waals surface area (Å²) in [6.45, 7) is 14.8. The number of azo groups is 1. The molecule has 2 heteroatoms. The Kier molecular flexibility index (Phi) is 3.43. The van der Waals surface area contributed by atoms with Crippen LogP contribution in [-0.4, -0.2) is 11.6 Å². The van der Waals surface area contributed by atoms with Gasteiger partial charge in [-0.15, -0.1) is 0 Å². The number of rotatable bonds is 1. The standard InChI is InChI=1S/C10H22N2/c1-8(9(2,3)4)11-12-10(5,6)7/h8H,1-7H3. The zero-order valence-corrected chi connectivity index (χ0v) is 9.47. The van der Waals surface area contributed by atoms with E-state index in [9.17, 15) is 0 Å². The normalized spacial score (nSPS) is 16.9. The summed E-state index contributed by atoms with van der Waals surface area (Å²) in [5.74, 6) is 0. The summed E-state index contributed by atoms with van der Waals surface area (Å²) >= 11 is 0. The summed E-state index contributed by atoms with van der Waals surface area (Å²) in [4.78, 5) is 0. The van der Waals surface area contributed by atoms with Crippen LogP contribution in [0.5, 0.6) is 0 Å². The Morgan fingerprint density at radius 3 is 1.58 bits per heavy atom. The Hall–Kier alpha value is -0.400. The zero-order valence-electron chi connectivity index (χ0n) is 9.47. The highest BCUT2D eigenvalue weighted by Crippen LogP contribution is 2.23. The Labute approximate surface area is 76.5 Å². The van der Waals surface area contributed by atoms with Crippen LogP contribution in [0.2, 0.25) is 0 Å². The van der Waals surface area contributed by atoms with Crippen molar-refractivity contribution in [2.45, 2.75) is 60.0 Å². The second-order valence-electron chi connectivity index (χ2n) is 5.43. The van der Waals surface area contributed by atoms with E-state index in [-0.39, 0.29) is 17.0 Å². The van der Waals surface area contributed by atoms with Crippen molar-refractivity contribution in [1.82, 2.24) is 0 Å². The van der Waals surface area contributed by atoms with Crippen molar-refractivity contribution in [3.8, 4) is 0 Å². The van der Waals surface area contributed by atoms with Gasteiger partial charge in [-0.1, -0.05) is 20.8 Å². The highest BCUT2D eigenvalue weighted by Gasteiger charge is 2.20. The molecular weight excluding hydrogens is 148 g/mol. The van der Waals surface area contributed by atoms with Crippen molar-refractivity contribution in [3.05, 3.63) is 0 Å². The maximum Gasteiger partial charge on any atom is 0.0732 e. The van der Waals surface area contributed by atoms with Crippen LogP contribution >= 0.6 is 0 Å². The molecule has 0 N–H and O–H groups in total. The van der Waals surface area contributed by atoms with Gasteiger partial charge < -0.3 is 0 Å². The monoisotopic (exact) mass is 170 g/mol. The molecule has 0 aromatic rings. The predicted molar refractivity (Wildman–Crippen MR) is 53.5 cm³/mol. The van der Waals surface area contributed by atoms with Crippen molar-refractivity contribution in [2.24, 2.45) is 15.6 Å². The molecule has 0 aromatic carbocycles. The molecule has 1 atom stereocenters. The first-order valence-electron chi connectivity index (χ1n) is 4.55. The van der Waals surface area contributed by atoms with E-state index < -0.39 is 0 Å². The van der Waals surface area contributed by atoms with Crippen molar-refractivity contribution < 1.29 is 0 Å². The van der Waals surface area contributed by atoms with Gasteiger partial charge in [0, 0.05) is 0 Å². The minimum Gasteiger partial charge on any atom is -0.190 e. The van der Waals surface area contributed by atoms with E-state index in [0.717, 1.165) is 0 Å². The highest BCUT2D eigenvalue weighted by atomic mass is 15.2. The SMILES string of the molecule is CC(N=NC(C)(C)C)C(C)(C)C. The van der Waals surface area contributed by atoms with Crippen molar-refractivity contribution >= 4 is 0 Å². The van der Waals surface area contributed by atoms with Crippen molar-refractivity contribution in [3.63, 3.8) is 0 Å². The van der Waals surface area contributed by atoms with Gasteiger partial charge in [0.2, 0.25) is 0 Å². The molecule has 12 heavy (non-hydrogen) atoms. The molecule has 0 saturated carbocycles. The summed E-state index contributed by atoms with van der Waals surface area (Å²) in [6.07, 6.45) is 0. The summed E-state index contributed by atoms with van der Waals surface area (Å²) in [5.41, 5.74) is 0.175. The molecule has 0 rings (SSSR count). The Morgan fingerprint density at radius 1 is 0.917 bits per heavy atom. The van der Waals surface area contributed by atoms with Gasteiger partial charge in [-0.2, -0.15) is 10.2 Å². The molecular formula is C10H22N2. The van der Waals surface area contributed by atoms with Crippen LogP contribution in [0, 0.1) is 5.41 Å². The van der Waals surface area contributed by atoms with Crippen LogP contribution in [-0.2, 0) is 0 Å². The fourth-order valence-electron chi connectivity index (χ4n) is 0.433. The molecule has 0 amide bonds. The van der Waals surface area contributed by atoms with Crippen LogP contribution in [0.3, 0.4) is 0 Å². The fourth-order valence-corrected chi connectivity index (χ4v) is 0.433. The Balaban J connectivity index is 4.19. The molecule has 0 bridgehead atoms. The lowest BCUT2D eigenvalue weighted by atomic mass is 9.89. The molecule has 1 unspecified atom stereocenters. The molecule has 0 saturated heterocycles. The van der Waals surface area contributed by atoms with E-state index >= 15 is 0 Å². The Bertz CT molecular complexity index is 158. The molecule has 0 fully saturated rings. The average molecular weight is 170 g/mol. The van der Waals surface area contributed by atoms with Crippen LogP contribution in [0.25, 0.3) is 0 Å². The first kappa shape index (κ1) is 11.6. The fraction of sp³-hybridized carbons (Fsp3) is 1.00. The van der Waals surface area contributed by atoms with E-state index in [1.165, 1.54) is 0 Å². The summed E-state index contributed by atoms with van der Waals surface area (Å²) in [6, 6.07) is 0.289. The van der Waals surface area contributed by atoms with Crippen LogP contribution < -0.4 is 0 Å². The van der Waals surface area contributed by atoms with Gasteiger partial charge in [0.05, 0.1) is 11.6 Å².